The van der Waals surface area contributed by atoms with Gasteiger partial charge in [-0.2, -0.15) is 0 Å². The van der Waals surface area contributed by atoms with Crippen molar-refractivity contribution in [3.63, 3.8) is 0 Å². The van der Waals surface area contributed by atoms with E-state index in [1.807, 2.05) is 33.0 Å². The fourth-order valence-corrected chi connectivity index (χ4v) is 3.19. The average molecular weight is 368 g/mol. The third kappa shape index (κ3) is 4.27. The molecule has 1 aromatic heterocycles. The van der Waals surface area contributed by atoms with Crippen LogP contribution in [0, 0.1) is 5.92 Å². The van der Waals surface area contributed by atoms with Gasteiger partial charge in [-0.15, -0.1) is 10.2 Å². The van der Waals surface area contributed by atoms with Gasteiger partial charge < -0.3 is 10.3 Å². The molecule has 24 heavy (non-hydrogen) atoms. The van der Waals surface area contributed by atoms with Gasteiger partial charge in [0.1, 0.15) is 0 Å². The van der Waals surface area contributed by atoms with Gasteiger partial charge in [0.05, 0.1) is 5.25 Å². The highest BCUT2D eigenvalue weighted by Gasteiger charge is 2.27. The number of nitrogens with two attached hydrogens (primary N) is 1. The standard InChI is InChI=1S/C15H18ClN5O2S/c1-8(2)11(13(22)18-14(17)23)24-15-20-19-12(21(15)3)9-4-6-10(16)7-5-9/h4-8,11H,1-3H3,(H3,17,18,22,23)/t11-/m0/s1. The molecule has 2 rings (SSSR count). The Hall–Kier alpha value is -2.06. The van der Waals surface area contributed by atoms with Crippen molar-refractivity contribution >= 4 is 35.3 Å². The molecule has 0 saturated heterocycles. The largest absolute Gasteiger partial charge is 0.351 e. The molecule has 1 heterocycles. The van der Waals surface area contributed by atoms with Gasteiger partial charge in [-0.05, 0) is 30.2 Å². The quantitative estimate of drug-likeness (QED) is 0.790. The summed E-state index contributed by atoms with van der Waals surface area (Å²) < 4.78 is 1.79. The smallest absolute Gasteiger partial charge is 0.318 e. The lowest BCUT2D eigenvalue weighted by atomic mass is 10.1. The molecule has 2 aromatic rings. The van der Waals surface area contributed by atoms with Gasteiger partial charge >= 0.3 is 6.03 Å². The Morgan fingerprint density at radius 3 is 2.42 bits per heavy atom. The first kappa shape index (κ1) is 18.3. The Morgan fingerprint density at radius 2 is 1.88 bits per heavy atom. The van der Waals surface area contributed by atoms with Gasteiger partial charge in [0.25, 0.3) is 0 Å². The minimum atomic E-state index is -0.869. The maximum Gasteiger partial charge on any atom is 0.318 e. The van der Waals surface area contributed by atoms with Crippen LogP contribution >= 0.6 is 23.4 Å². The van der Waals surface area contributed by atoms with E-state index in [-0.39, 0.29) is 5.92 Å². The zero-order valence-corrected chi connectivity index (χ0v) is 15.1. The Kier molecular flexibility index (Phi) is 5.84. The van der Waals surface area contributed by atoms with Crippen molar-refractivity contribution in [3.05, 3.63) is 29.3 Å². The van der Waals surface area contributed by atoms with Crippen LogP contribution in [0.3, 0.4) is 0 Å². The Morgan fingerprint density at radius 1 is 1.25 bits per heavy atom. The van der Waals surface area contributed by atoms with E-state index in [1.54, 1.807) is 16.7 Å². The number of nitrogens with one attached hydrogen (secondary N) is 1. The topological polar surface area (TPSA) is 103 Å². The van der Waals surface area contributed by atoms with Gasteiger partial charge in [0.2, 0.25) is 5.91 Å². The predicted molar refractivity (Wildman–Crippen MR) is 93.7 cm³/mol. The summed E-state index contributed by atoms with van der Waals surface area (Å²) >= 11 is 7.13. The van der Waals surface area contributed by atoms with Gasteiger partial charge in [0, 0.05) is 17.6 Å². The van der Waals surface area contributed by atoms with E-state index in [0.29, 0.717) is 16.0 Å². The maximum atomic E-state index is 12.1. The highest BCUT2D eigenvalue weighted by molar-refractivity contribution is 8.00. The molecule has 1 aromatic carbocycles. The number of halogens is 1. The summed E-state index contributed by atoms with van der Waals surface area (Å²) in [4.78, 5) is 23.0. The number of primary amides is 1. The SMILES string of the molecule is CC(C)[C@H](Sc1nnc(-c2ccc(Cl)cc2)n1C)C(=O)NC(N)=O. The van der Waals surface area contributed by atoms with E-state index < -0.39 is 17.2 Å². The normalized spacial score (nSPS) is 12.2. The molecule has 128 valence electrons. The molecule has 0 aliphatic carbocycles. The van der Waals surface area contributed by atoms with Crippen molar-refractivity contribution in [2.45, 2.75) is 24.3 Å². The number of hydrogen-bond donors (Lipinski definition) is 2. The molecule has 3 N–H and O–H groups in total. The number of imide groups is 1. The Bertz CT molecular complexity index is 745. The van der Waals surface area contributed by atoms with Crippen LogP contribution in [-0.2, 0) is 11.8 Å². The number of benzene rings is 1. The van der Waals surface area contributed by atoms with Crippen LogP contribution in [0.15, 0.2) is 29.4 Å². The summed E-state index contributed by atoms with van der Waals surface area (Å²) in [6.07, 6.45) is 0. The second-order valence-corrected chi connectivity index (χ2v) is 7.05. The fourth-order valence-electron chi connectivity index (χ4n) is 2.07. The Balaban J connectivity index is 2.24. The lowest BCUT2D eigenvalue weighted by Gasteiger charge is -2.18. The van der Waals surface area contributed by atoms with Gasteiger partial charge in [0.15, 0.2) is 11.0 Å². The first-order chi connectivity index (χ1) is 11.3. The van der Waals surface area contributed by atoms with Crippen LogP contribution in [-0.4, -0.2) is 32.0 Å². The second kappa shape index (κ2) is 7.67. The first-order valence-electron chi connectivity index (χ1n) is 7.22. The zero-order chi connectivity index (χ0) is 17.9. The minimum absolute atomic E-state index is 0.0231. The number of aromatic nitrogens is 3. The summed E-state index contributed by atoms with van der Waals surface area (Å²) in [6, 6.07) is 6.37. The molecule has 0 aliphatic rings. The number of carbonyl (C=O) groups is 2. The molecule has 3 amide bonds. The van der Waals surface area contributed by atoms with Crippen molar-refractivity contribution in [3.8, 4) is 11.4 Å². The summed E-state index contributed by atoms with van der Waals surface area (Å²) in [6.45, 7) is 3.77. The summed E-state index contributed by atoms with van der Waals surface area (Å²) in [5.74, 6) is 0.190. The van der Waals surface area contributed by atoms with E-state index in [1.165, 1.54) is 11.8 Å². The van der Waals surface area contributed by atoms with Gasteiger partial charge in [-0.1, -0.05) is 37.2 Å². The molecule has 0 fully saturated rings. The monoisotopic (exact) mass is 367 g/mol. The van der Waals surface area contributed by atoms with Crippen LogP contribution in [0.4, 0.5) is 4.79 Å². The molecule has 0 spiro atoms. The van der Waals surface area contributed by atoms with E-state index in [2.05, 4.69) is 15.5 Å². The number of urea groups is 1. The molecule has 0 saturated carbocycles. The molecule has 9 heteroatoms. The van der Waals surface area contributed by atoms with Crippen molar-refractivity contribution in [1.29, 1.82) is 0 Å². The average Bonchev–Trinajstić information content (AvgIpc) is 2.85. The molecular weight excluding hydrogens is 350 g/mol. The van der Waals surface area contributed by atoms with Crippen LogP contribution < -0.4 is 11.1 Å². The number of amides is 3. The van der Waals surface area contributed by atoms with Crippen LogP contribution in [0.25, 0.3) is 11.4 Å². The molecule has 0 unspecified atom stereocenters. The molecule has 0 radical (unpaired) electrons. The molecule has 0 bridgehead atoms. The second-order valence-electron chi connectivity index (χ2n) is 5.51. The minimum Gasteiger partial charge on any atom is -0.351 e. The fraction of sp³-hybridized carbons (Fsp3) is 0.333. The molecule has 1 atom stereocenters. The predicted octanol–water partition coefficient (Wildman–Crippen LogP) is 2.45. The summed E-state index contributed by atoms with van der Waals surface area (Å²) in [5, 5.41) is 11.1. The van der Waals surface area contributed by atoms with E-state index in [9.17, 15) is 9.59 Å². The van der Waals surface area contributed by atoms with E-state index in [4.69, 9.17) is 17.3 Å². The van der Waals surface area contributed by atoms with E-state index in [0.717, 1.165) is 5.56 Å². The van der Waals surface area contributed by atoms with Gasteiger partial charge in [-0.25, -0.2) is 4.79 Å². The number of nitrogens with zero attached hydrogens (tertiary/aromatic N) is 3. The third-order valence-corrected chi connectivity index (χ3v) is 5.11. The van der Waals surface area contributed by atoms with E-state index >= 15 is 0 Å². The van der Waals surface area contributed by atoms with Gasteiger partial charge in [-0.3, -0.25) is 10.1 Å². The maximum absolute atomic E-state index is 12.1. The third-order valence-electron chi connectivity index (χ3n) is 3.28. The highest BCUT2D eigenvalue weighted by atomic mass is 35.5. The van der Waals surface area contributed by atoms with Crippen molar-refractivity contribution < 1.29 is 9.59 Å². The van der Waals surface area contributed by atoms with Crippen molar-refractivity contribution in [2.75, 3.05) is 0 Å². The summed E-state index contributed by atoms with van der Waals surface area (Å²) in [5.41, 5.74) is 5.89. The van der Waals surface area contributed by atoms with Crippen LogP contribution in [0.2, 0.25) is 5.02 Å². The lowest BCUT2D eigenvalue weighted by Crippen LogP contribution is -2.42. The van der Waals surface area contributed by atoms with Crippen molar-refractivity contribution in [1.82, 2.24) is 20.1 Å². The van der Waals surface area contributed by atoms with Crippen molar-refractivity contribution in [2.24, 2.45) is 18.7 Å². The Labute approximate surface area is 149 Å². The molecule has 0 aliphatic heterocycles. The molecular formula is C15H18ClN5O2S. The zero-order valence-electron chi connectivity index (χ0n) is 13.5. The van der Waals surface area contributed by atoms with Crippen LogP contribution in [0.1, 0.15) is 13.8 Å². The first-order valence-corrected chi connectivity index (χ1v) is 8.47. The summed E-state index contributed by atoms with van der Waals surface area (Å²) in [7, 11) is 1.82. The molecule has 7 nitrogen and oxygen atoms in total. The number of thioether (sulfide) groups is 1. The number of hydrogen-bond acceptors (Lipinski definition) is 5. The number of carbonyl (C=O) groups excluding carboxylic acids is 2. The number of rotatable bonds is 5. The lowest BCUT2D eigenvalue weighted by molar-refractivity contribution is -0.120. The van der Waals surface area contributed by atoms with Crippen LogP contribution in [0.5, 0.6) is 0 Å². The highest BCUT2D eigenvalue weighted by Crippen LogP contribution is 2.29.